The molecule has 0 aliphatic carbocycles. The molecule has 1 atom stereocenters. The average Bonchev–Trinajstić information content (AvgIpc) is 2.79. The highest BCUT2D eigenvalue weighted by Crippen LogP contribution is 2.36. The molecule has 3 aromatic rings. The summed E-state index contributed by atoms with van der Waals surface area (Å²) < 4.78 is 12.2. The zero-order valence-electron chi connectivity index (χ0n) is 19.3. The van der Waals surface area contributed by atoms with Crippen LogP contribution in [-0.4, -0.2) is 39.5 Å². The fourth-order valence-corrected chi connectivity index (χ4v) is 3.81. The van der Waals surface area contributed by atoms with Crippen molar-refractivity contribution in [3.8, 4) is 5.75 Å². The van der Waals surface area contributed by atoms with Crippen molar-refractivity contribution in [2.45, 2.75) is 39.7 Å². The second kappa shape index (κ2) is 11.0. The predicted octanol–water partition coefficient (Wildman–Crippen LogP) is 5.06. The van der Waals surface area contributed by atoms with Crippen LogP contribution in [0.25, 0.3) is 10.9 Å². The van der Waals surface area contributed by atoms with Crippen LogP contribution >= 0.6 is 27.5 Å². The number of hydrogen-bond acceptors (Lipinski definition) is 8. The molecule has 0 amide bonds. The van der Waals surface area contributed by atoms with Crippen LogP contribution in [0.2, 0.25) is 5.02 Å². The molecule has 0 fully saturated rings. The van der Waals surface area contributed by atoms with Crippen molar-refractivity contribution in [2.24, 2.45) is 5.10 Å². The third-order valence-electron chi connectivity index (χ3n) is 4.83. The standard InChI is InChI=1S/C23H22BrClN4O6/c1-5-34-23(31)13(4)35-20-17(25)8-14(9-19(20)29(32)33)11-26-28-21(12(2)3)27-18-7-6-15(24)10-16(18)22(28)30/h6-13H,5H2,1-4H3/t13-/m1/s1. The average molecular weight is 566 g/mol. The second-order valence-electron chi connectivity index (χ2n) is 7.77. The van der Waals surface area contributed by atoms with Crippen LogP contribution in [0.15, 0.2) is 44.7 Å². The summed E-state index contributed by atoms with van der Waals surface area (Å²) in [6.07, 6.45) is 0.164. The summed E-state index contributed by atoms with van der Waals surface area (Å²) in [4.78, 5) is 40.6. The van der Waals surface area contributed by atoms with E-state index in [1.54, 1.807) is 25.1 Å². The predicted molar refractivity (Wildman–Crippen MR) is 136 cm³/mol. The topological polar surface area (TPSA) is 126 Å². The molecule has 12 heteroatoms. The number of ether oxygens (including phenoxy) is 2. The summed E-state index contributed by atoms with van der Waals surface area (Å²) in [6, 6.07) is 7.75. The molecule has 0 unspecified atom stereocenters. The van der Waals surface area contributed by atoms with Gasteiger partial charge in [-0.05, 0) is 38.1 Å². The fraction of sp³-hybridized carbons (Fsp3) is 0.304. The zero-order chi connectivity index (χ0) is 25.9. The van der Waals surface area contributed by atoms with E-state index in [9.17, 15) is 19.7 Å². The monoisotopic (exact) mass is 564 g/mol. The number of carbonyl (C=O) groups is 1. The van der Waals surface area contributed by atoms with Crippen LogP contribution in [0, 0.1) is 10.1 Å². The van der Waals surface area contributed by atoms with Gasteiger partial charge in [0.1, 0.15) is 5.82 Å². The minimum atomic E-state index is -1.11. The molecule has 0 aliphatic rings. The molecule has 0 N–H and O–H groups in total. The molecular formula is C23H22BrClN4O6. The number of esters is 1. The van der Waals surface area contributed by atoms with Gasteiger partial charge in [-0.2, -0.15) is 9.78 Å². The number of benzene rings is 2. The molecular weight excluding hydrogens is 544 g/mol. The number of hydrogen-bond donors (Lipinski definition) is 0. The molecule has 0 saturated carbocycles. The van der Waals surface area contributed by atoms with Crippen molar-refractivity contribution in [2.75, 3.05) is 6.61 Å². The summed E-state index contributed by atoms with van der Waals surface area (Å²) in [5.74, 6) is -0.665. The largest absolute Gasteiger partial charge is 0.471 e. The van der Waals surface area contributed by atoms with Gasteiger partial charge in [-0.1, -0.05) is 41.4 Å². The maximum atomic E-state index is 13.2. The summed E-state index contributed by atoms with van der Waals surface area (Å²) >= 11 is 9.62. The highest BCUT2D eigenvalue weighted by Gasteiger charge is 2.25. The van der Waals surface area contributed by atoms with E-state index >= 15 is 0 Å². The number of rotatable bonds is 8. The lowest BCUT2D eigenvalue weighted by atomic mass is 10.2. The lowest BCUT2D eigenvalue weighted by molar-refractivity contribution is -0.386. The van der Waals surface area contributed by atoms with Crippen LogP contribution in [0.5, 0.6) is 5.75 Å². The van der Waals surface area contributed by atoms with E-state index in [1.807, 2.05) is 13.8 Å². The summed E-state index contributed by atoms with van der Waals surface area (Å²) in [7, 11) is 0. The Balaban J connectivity index is 2.07. The normalized spacial score (nSPS) is 12.3. The third-order valence-corrected chi connectivity index (χ3v) is 5.60. The first kappa shape index (κ1) is 26.3. The zero-order valence-corrected chi connectivity index (χ0v) is 21.7. The molecule has 0 bridgehead atoms. The van der Waals surface area contributed by atoms with Gasteiger partial charge in [0.15, 0.2) is 6.10 Å². The molecule has 35 heavy (non-hydrogen) atoms. The summed E-state index contributed by atoms with van der Waals surface area (Å²) in [5.41, 5.74) is -0.0785. The van der Waals surface area contributed by atoms with Gasteiger partial charge in [0, 0.05) is 22.0 Å². The quantitative estimate of drug-likeness (QED) is 0.162. The maximum Gasteiger partial charge on any atom is 0.347 e. The van der Waals surface area contributed by atoms with E-state index in [4.69, 9.17) is 21.1 Å². The van der Waals surface area contributed by atoms with Gasteiger partial charge in [-0.15, -0.1) is 0 Å². The molecule has 0 saturated heterocycles. The van der Waals surface area contributed by atoms with Gasteiger partial charge in [-0.25, -0.2) is 9.78 Å². The van der Waals surface area contributed by atoms with E-state index in [2.05, 4.69) is 26.0 Å². The maximum absolute atomic E-state index is 13.2. The van der Waals surface area contributed by atoms with Crippen molar-refractivity contribution >= 4 is 56.3 Å². The smallest absolute Gasteiger partial charge is 0.347 e. The third kappa shape index (κ3) is 5.85. The van der Waals surface area contributed by atoms with Gasteiger partial charge in [0.05, 0.1) is 33.7 Å². The van der Waals surface area contributed by atoms with E-state index in [0.29, 0.717) is 21.2 Å². The van der Waals surface area contributed by atoms with Crippen LogP contribution in [0.1, 0.15) is 45.0 Å². The Bertz CT molecular complexity index is 1390. The van der Waals surface area contributed by atoms with E-state index in [-0.39, 0.29) is 34.4 Å². The Kier molecular flexibility index (Phi) is 8.23. The first-order valence-corrected chi connectivity index (χ1v) is 11.8. The minimum Gasteiger partial charge on any atom is -0.471 e. The van der Waals surface area contributed by atoms with Crippen LogP contribution < -0.4 is 10.3 Å². The van der Waals surface area contributed by atoms with Gasteiger partial charge < -0.3 is 9.47 Å². The van der Waals surface area contributed by atoms with Crippen LogP contribution in [0.3, 0.4) is 0 Å². The number of halogens is 2. The van der Waals surface area contributed by atoms with Crippen molar-refractivity contribution in [1.82, 2.24) is 9.66 Å². The molecule has 0 spiro atoms. The van der Waals surface area contributed by atoms with Gasteiger partial charge >= 0.3 is 11.7 Å². The van der Waals surface area contributed by atoms with Gasteiger partial charge in [0.2, 0.25) is 5.75 Å². The van der Waals surface area contributed by atoms with Gasteiger partial charge in [0.25, 0.3) is 5.56 Å². The number of nitro benzene ring substituents is 1. The highest BCUT2D eigenvalue weighted by atomic mass is 79.9. The number of carbonyl (C=O) groups excluding carboxylic acids is 1. The summed E-state index contributed by atoms with van der Waals surface area (Å²) in [5, 5.41) is 16.2. The van der Waals surface area contributed by atoms with Crippen molar-refractivity contribution in [3.05, 3.63) is 71.7 Å². The van der Waals surface area contributed by atoms with Crippen molar-refractivity contribution < 1.29 is 19.2 Å². The van der Waals surface area contributed by atoms with E-state index < -0.39 is 22.7 Å². The Morgan fingerprint density at radius 1 is 1.31 bits per heavy atom. The lowest BCUT2D eigenvalue weighted by Crippen LogP contribution is -2.26. The Hall–Kier alpha value is -3.31. The summed E-state index contributed by atoms with van der Waals surface area (Å²) in [6.45, 7) is 6.91. The Morgan fingerprint density at radius 2 is 2.03 bits per heavy atom. The van der Waals surface area contributed by atoms with Crippen molar-refractivity contribution in [3.63, 3.8) is 0 Å². The Labute approximate surface area is 213 Å². The number of fused-ring (bicyclic) bond motifs is 1. The molecule has 0 radical (unpaired) electrons. The fourth-order valence-electron chi connectivity index (χ4n) is 3.19. The van der Waals surface area contributed by atoms with Crippen molar-refractivity contribution in [1.29, 1.82) is 0 Å². The van der Waals surface area contributed by atoms with Crippen LogP contribution in [0.4, 0.5) is 5.69 Å². The Morgan fingerprint density at radius 3 is 2.66 bits per heavy atom. The molecule has 10 nitrogen and oxygen atoms in total. The molecule has 0 aliphatic heterocycles. The molecule has 3 rings (SSSR count). The minimum absolute atomic E-state index is 0.103. The SMILES string of the molecule is CCOC(=O)[C@@H](C)Oc1c(Cl)cc(C=Nn2c(C(C)C)nc3ccc(Br)cc3c2=O)cc1[N+](=O)[O-]. The van der Waals surface area contributed by atoms with Crippen LogP contribution in [-0.2, 0) is 9.53 Å². The number of aromatic nitrogens is 2. The highest BCUT2D eigenvalue weighted by molar-refractivity contribution is 9.10. The first-order valence-electron chi connectivity index (χ1n) is 10.6. The first-order chi connectivity index (χ1) is 16.5. The second-order valence-corrected chi connectivity index (χ2v) is 9.09. The molecule has 2 aromatic carbocycles. The molecule has 1 heterocycles. The van der Waals surface area contributed by atoms with E-state index in [1.165, 1.54) is 25.3 Å². The number of nitro groups is 1. The van der Waals surface area contributed by atoms with Gasteiger partial charge in [-0.3, -0.25) is 14.9 Å². The molecule has 1 aromatic heterocycles. The number of nitrogens with zero attached hydrogens (tertiary/aromatic N) is 4. The van der Waals surface area contributed by atoms with E-state index in [0.717, 1.165) is 4.68 Å². The molecule has 184 valence electrons. The lowest BCUT2D eigenvalue weighted by Gasteiger charge is -2.15.